The van der Waals surface area contributed by atoms with Crippen LogP contribution in [-0.4, -0.2) is 34.9 Å². The van der Waals surface area contributed by atoms with Crippen LogP contribution in [0.4, 0.5) is 0 Å². The Morgan fingerprint density at radius 2 is 1.71 bits per heavy atom. The number of hydrogen-bond acceptors (Lipinski definition) is 6. The molecule has 1 aromatic heterocycles. The summed E-state index contributed by atoms with van der Waals surface area (Å²) in [5.41, 5.74) is 1.35. The smallest absolute Gasteiger partial charge is 0.359 e. The molecule has 0 radical (unpaired) electrons. The summed E-state index contributed by atoms with van der Waals surface area (Å²) >= 11 is 0. The minimum absolute atomic E-state index is 0.0506. The Hall–Kier alpha value is -3.94. The number of esters is 1. The van der Waals surface area contributed by atoms with E-state index in [0.29, 0.717) is 0 Å². The standard InChI is InChI=1S/C23H23N3O5/c1-16(22(28)24-14-17-8-10-19(30-2)11-9-17)31-23(29)20-12-13-21(27)26(25-20)15-18-6-4-3-5-7-18/h3-13,16H,14-15H2,1-2H3,(H,24,28). The van der Waals surface area contributed by atoms with Gasteiger partial charge in [0.1, 0.15) is 5.75 Å². The maximum absolute atomic E-state index is 12.4. The van der Waals surface area contributed by atoms with Gasteiger partial charge in [-0.3, -0.25) is 9.59 Å². The summed E-state index contributed by atoms with van der Waals surface area (Å²) in [5, 5.41) is 6.79. The molecule has 0 aliphatic carbocycles. The van der Waals surface area contributed by atoms with E-state index in [-0.39, 0.29) is 24.3 Å². The number of amides is 1. The summed E-state index contributed by atoms with van der Waals surface area (Å²) in [6.07, 6.45) is -1.03. The molecule has 1 unspecified atom stereocenters. The second kappa shape index (κ2) is 10.2. The fraction of sp³-hybridized carbons (Fsp3) is 0.217. The van der Waals surface area contributed by atoms with Crippen molar-refractivity contribution in [2.45, 2.75) is 26.1 Å². The summed E-state index contributed by atoms with van der Waals surface area (Å²) in [6.45, 7) is 1.98. The molecule has 0 aliphatic rings. The van der Waals surface area contributed by atoms with Gasteiger partial charge in [0.2, 0.25) is 0 Å². The van der Waals surface area contributed by atoms with Crippen LogP contribution in [0.2, 0.25) is 0 Å². The number of methoxy groups -OCH3 is 1. The number of carbonyl (C=O) groups excluding carboxylic acids is 2. The van der Waals surface area contributed by atoms with Crippen molar-refractivity contribution < 1.29 is 19.1 Å². The van der Waals surface area contributed by atoms with Crippen LogP contribution in [0.25, 0.3) is 0 Å². The molecule has 1 amide bonds. The minimum Gasteiger partial charge on any atom is -0.497 e. The summed E-state index contributed by atoms with van der Waals surface area (Å²) in [6, 6.07) is 19.1. The number of nitrogens with one attached hydrogen (secondary N) is 1. The van der Waals surface area contributed by atoms with Crippen molar-refractivity contribution >= 4 is 11.9 Å². The zero-order valence-corrected chi connectivity index (χ0v) is 17.3. The fourth-order valence-electron chi connectivity index (χ4n) is 2.78. The zero-order valence-electron chi connectivity index (χ0n) is 17.3. The Morgan fingerprint density at radius 1 is 1.00 bits per heavy atom. The van der Waals surface area contributed by atoms with E-state index in [9.17, 15) is 14.4 Å². The topological polar surface area (TPSA) is 99.5 Å². The van der Waals surface area contributed by atoms with E-state index >= 15 is 0 Å². The first-order valence-corrected chi connectivity index (χ1v) is 9.70. The normalized spacial score (nSPS) is 11.4. The predicted molar refractivity (Wildman–Crippen MR) is 114 cm³/mol. The maximum atomic E-state index is 12.4. The number of aromatic nitrogens is 2. The average molecular weight is 421 g/mol. The lowest BCUT2D eigenvalue weighted by molar-refractivity contribution is -0.129. The highest BCUT2D eigenvalue weighted by Crippen LogP contribution is 2.11. The van der Waals surface area contributed by atoms with Gasteiger partial charge >= 0.3 is 5.97 Å². The molecule has 0 spiro atoms. The van der Waals surface area contributed by atoms with Crippen molar-refractivity contribution in [2.24, 2.45) is 0 Å². The number of hydrogen-bond donors (Lipinski definition) is 1. The van der Waals surface area contributed by atoms with Crippen LogP contribution in [-0.2, 0) is 22.6 Å². The largest absolute Gasteiger partial charge is 0.497 e. The fourth-order valence-corrected chi connectivity index (χ4v) is 2.78. The van der Waals surface area contributed by atoms with Crippen molar-refractivity contribution in [1.29, 1.82) is 0 Å². The molecule has 1 N–H and O–H groups in total. The second-order valence-corrected chi connectivity index (χ2v) is 6.81. The zero-order chi connectivity index (χ0) is 22.2. The minimum atomic E-state index is -1.03. The van der Waals surface area contributed by atoms with Gasteiger partial charge in [-0.05, 0) is 36.2 Å². The van der Waals surface area contributed by atoms with Crippen LogP contribution < -0.4 is 15.6 Å². The molecule has 8 nitrogen and oxygen atoms in total. The average Bonchev–Trinajstić information content (AvgIpc) is 2.79. The third-order valence-corrected chi connectivity index (χ3v) is 4.53. The molecule has 8 heteroatoms. The maximum Gasteiger partial charge on any atom is 0.359 e. The van der Waals surface area contributed by atoms with Crippen molar-refractivity contribution in [1.82, 2.24) is 15.1 Å². The van der Waals surface area contributed by atoms with Gasteiger partial charge in [0.25, 0.3) is 11.5 Å². The molecule has 0 saturated carbocycles. The molecule has 0 bridgehead atoms. The van der Waals surface area contributed by atoms with Crippen molar-refractivity contribution in [3.8, 4) is 5.75 Å². The predicted octanol–water partition coefficient (Wildman–Crippen LogP) is 2.16. The third kappa shape index (κ3) is 6.02. The van der Waals surface area contributed by atoms with Gasteiger partial charge in [0.15, 0.2) is 11.8 Å². The van der Waals surface area contributed by atoms with Gasteiger partial charge in [0, 0.05) is 12.6 Å². The Morgan fingerprint density at radius 3 is 2.39 bits per heavy atom. The van der Waals surface area contributed by atoms with Gasteiger partial charge < -0.3 is 14.8 Å². The van der Waals surface area contributed by atoms with Gasteiger partial charge in [-0.2, -0.15) is 5.10 Å². The van der Waals surface area contributed by atoms with Crippen molar-refractivity contribution in [2.75, 3.05) is 7.11 Å². The molecular weight excluding hydrogens is 398 g/mol. The quantitative estimate of drug-likeness (QED) is 0.560. The molecule has 3 aromatic rings. The van der Waals surface area contributed by atoms with E-state index in [0.717, 1.165) is 16.9 Å². The van der Waals surface area contributed by atoms with Crippen molar-refractivity contribution in [3.05, 3.63) is 93.9 Å². The summed E-state index contributed by atoms with van der Waals surface area (Å²) in [4.78, 5) is 36.8. The Bertz CT molecular complexity index is 1090. The second-order valence-electron chi connectivity index (χ2n) is 6.81. The number of ether oxygens (including phenoxy) is 2. The SMILES string of the molecule is COc1ccc(CNC(=O)C(C)OC(=O)c2ccc(=O)n(Cc3ccccc3)n2)cc1. The van der Waals surface area contributed by atoms with Crippen LogP contribution in [0.1, 0.15) is 28.5 Å². The highest BCUT2D eigenvalue weighted by molar-refractivity contribution is 5.90. The number of rotatable bonds is 8. The Kier molecular flexibility index (Phi) is 7.16. The first-order valence-electron chi connectivity index (χ1n) is 9.70. The van der Waals surface area contributed by atoms with Gasteiger partial charge in [0.05, 0.1) is 13.7 Å². The highest BCUT2D eigenvalue weighted by Gasteiger charge is 2.20. The van der Waals surface area contributed by atoms with Crippen LogP contribution in [0.5, 0.6) is 5.75 Å². The van der Waals surface area contributed by atoms with E-state index in [1.165, 1.54) is 23.7 Å². The van der Waals surface area contributed by atoms with E-state index in [2.05, 4.69) is 10.4 Å². The Balaban J connectivity index is 1.58. The van der Waals surface area contributed by atoms with E-state index in [1.807, 2.05) is 42.5 Å². The lowest BCUT2D eigenvalue weighted by atomic mass is 10.2. The monoisotopic (exact) mass is 421 g/mol. The summed E-state index contributed by atoms with van der Waals surface area (Å²) < 4.78 is 11.5. The van der Waals surface area contributed by atoms with E-state index in [4.69, 9.17) is 9.47 Å². The summed E-state index contributed by atoms with van der Waals surface area (Å²) in [5.74, 6) is -0.505. The molecule has 0 fully saturated rings. The lowest BCUT2D eigenvalue weighted by Crippen LogP contribution is -2.36. The molecule has 0 aliphatic heterocycles. The molecule has 31 heavy (non-hydrogen) atoms. The number of carbonyl (C=O) groups is 2. The molecule has 0 saturated heterocycles. The molecule has 1 atom stereocenters. The van der Waals surface area contributed by atoms with Crippen molar-refractivity contribution in [3.63, 3.8) is 0 Å². The molecule has 3 rings (SSSR count). The van der Waals surface area contributed by atoms with Crippen LogP contribution >= 0.6 is 0 Å². The highest BCUT2D eigenvalue weighted by atomic mass is 16.5. The van der Waals surface area contributed by atoms with E-state index < -0.39 is 18.0 Å². The first-order chi connectivity index (χ1) is 15.0. The van der Waals surface area contributed by atoms with Crippen LogP contribution in [0.3, 0.4) is 0 Å². The molecule has 2 aromatic carbocycles. The Labute approximate surface area is 179 Å². The molecule has 1 heterocycles. The number of benzene rings is 2. The lowest BCUT2D eigenvalue weighted by Gasteiger charge is -2.14. The van der Waals surface area contributed by atoms with Crippen LogP contribution in [0.15, 0.2) is 71.5 Å². The van der Waals surface area contributed by atoms with Crippen LogP contribution in [0, 0.1) is 0 Å². The summed E-state index contributed by atoms with van der Waals surface area (Å²) in [7, 11) is 1.58. The first kappa shape index (κ1) is 21.8. The molecule has 160 valence electrons. The van der Waals surface area contributed by atoms with E-state index in [1.54, 1.807) is 19.2 Å². The number of nitrogens with zero attached hydrogens (tertiary/aromatic N) is 2. The molecular formula is C23H23N3O5. The van der Waals surface area contributed by atoms with Gasteiger partial charge in [-0.1, -0.05) is 42.5 Å². The van der Waals surface area contributed by atoms with Gasteiger partial charge in [-0.25, -0.2) is 9.48 Å². The van der Waals surface area contributed by atoms with Gasteiger partial charge in [-0.15, -0.1) is 0 Å². The third-order valence-electron chi connectivity index (χ3n) is 4.53.